The maximum atomic E-state index is 12.4. The Morgan fingerprint density at radius 3 is 2.65 bits per heavy atom. The van der Waals surface area contributed by atoms with Crippen LogP contribution in [0.25, 0.3) is 0 Å². The Balaban J connectivity index is 1.48. The summed E-state index contributed by atoms with van der Waals surface area (Å²) >= 11 is 0. The molecule has 0 spiro atoms. The van der Waals surface area contributed by atoms with Gasteiger partial charge >= 0.3 is 0 Å². The molecule has 0 aromatic heterocycles. The average Bonchev–Trinajstić information content (AvgIpc) is 2.69. The van der Waals surface area contributed by atoms with Gasteiger partial charge in [-0.2, -0.15) is 0 Å². The van der Waals surface area contributed by atoms with E-state index >= 15 is 0 Å². The third-order valence-electron chi connectivity index (χ3n) is 5.55. The van der Waals surface area contributed by atoms with E-state index in [1.54, 1.807) is 0 Å². The predicted octanol–water partition coefficient (Wildman–Crippen LogP) is 3.19. The second-order valence-electron chi connectivity index (χ2n) is 7.54. The number of benzene rings is 1. The molecule has 1 aliphatic carbocycles. The SMILES string of the molecule is O=C(CCC1CCCCC1)N[C@@H]1CCOC[C@H]1Oc1ccc(CO)cc1. The lowest BCUT2D eigenvalue weighted by Crippen LogP contribution is -2.51. The summed E-state index contributed by atoms with van der Waals surface area (Å²) in [5.41, 5.74) is 0.852. The molecular weight excluding hydrogens is 330 g/mol. The summed E-state index contributed by atoms with van der Waals surface area (Å²) in [7, 11) is 0. The summed E-state index contributed by atoms with van der Waals surface area (Å²) in [5.74, 6) is 1.59. The van der Waals surface area contributed by atoms with Crippen molar-refractivity contribution in [2.75, 3.05) is 13.2 Å². The zero-order valence-corrected chi connectivity index (χ0v) is 15.5. The van der Waals surface area contributed by atoms with Crippen molar-refractivity contribution < 1.29 is 19.4 Å². The van der Waals surface area contributed by atoms with E-state index in [0.717, 1.165) is 30.1 Å². The number of hydrogen-bond acceptors (Lipinski definition) is 4. The molecule has 2 fully saturated rings. The summed E-state index contributed by atoms with van der Waals surface area (Å²) in [5, 5.41) is 12.3. The molecule has 3 rings (SSSR count). The molecule has 2 atom stereocenters. The van der Waals surface area contributed by atoms with Gasteiger partial charge in [-0.3, -0.25) is 4.79 Å². The monoisotopic (exact) mass is 361 g/mol. The molecule has 144 valence electrons. The lowest BCUT2D eigenvalue weighted by Gasteiger charge is -2.32. The van der Waals surface area contributed by atoms with E-state index in [1.807, 2.05) is 24.3 Å². The number of aliphatic hydroxyl groups excluding tert-OH is 1. The van der Waals surface area contributed by atoms with Crippen LogP contribution in [0.1, 0.15) is 56.9 Å². The van der Waals surface area contributed by atoms with Gasteiger partial charge in [-0.05, 0) is 36.5 Å². The van der Waals surface area contributed by atoms with Crippen molar-refractivity contribution >= 4 is 5.91 Å². The Morgan fingerprint density at radius 2 is 1.92 bits per heavy atom. The molecule has 2 N–H and O–H groups in total. The van der Waals surface area contributed by atoms with Crippen molar-refractivity contribution in [1.82, 2.24) is 5.32 Å². The van der Waals surface area contributed by atoms with Crippen LogP contribution < -0.4 is 10.1 Å². The maximum Gasteiger partial charge on any atom is 0.220 e. The van der Waals surface area contributed by atoms with Crippen molar-refractivity contribution in [2.45, 2.75) is 70.1 Å². The van der Waals surface area contributed by atoms with E-state index in [9.17, 15) is 4.79 Å². The Kier molecular flexibility index (Phi) is 7.32. The Morgan fingerprint density at radius 1 is 1.15 bits per heavy atom. The van der Waals surface area contributed by atoms with E-state index in [1.165, 1.54) is 32.1 Å². The van der Waals surface area contributed by atoms with Gasteiger partial charge in [-0.1, -0.05) is 44.2 Å². The van der Waals surface area contributed by atoms with Crippen LogP contribution in [0.2, 0.25) is 0 Å². The number of nitrogens with one attached hydrogen (secondary N) is 1. The lowest BCUT2D eigenvalue weighted by atomic mass is 9.86. The van der Waals surface area contributed by atoms with Crippen molar-refractivity contribution in [2.24, 2.45) is 5.92 Å². The summed E-state index contributed by atoms with van der Waals surface area (Å²) in [6.45, 7) is 1.15. The number of carbonyl (C=O) groups is 1. The number of aliphatic hydroxyl groups is 1. The van der Waals surface area contributed by atoms with Crippen molar-refractivity contribution in [3.63, 3.8) is 0 Å². The normalized spacial score (nSPS) is 24.2. The highest BCUT2D eigenvalue weighted by molar-refractivity contribution is 5.76. The van der Waals surface area contributed by atoms with Gasteiger partial charge in [-0.25, -0.2) is 0 Å². The molecular formula is C21H31NO4. The van der Waals surface area contributed by atoms with Crippen LogP contribution in [-0.2, 0) is 16.1 Å². The van der Waals surface area contributed by atoms with Crippen LogP contribution in [0, 0.1) is 5.92 Å². The topological polar surface area (TPSA) is 67.8 Å². The number of ether oxygens (including phenoxy) is 2. The highest BCUT2D eigenvalue weighted by atomic mass is 16.5. The van der Waals surface area contributed by atoms with E-state index in [2.05, 4.69) is 5.32 Å². The predicted molar refractivity (Wildman–Crippen MR) is 100.0 cm³/mol. The first-order valence-corrected chi connectivity index (χ1v) is 9.98. The van der Waals surface area contributed by atoms with Gasteiger partial charge in [0.15, 0.2) is 0 Å². The van der Waals surface area contributed by atoms with Crippen molar-refractivity contribution in [3.8, 4) is 5.75 Å². The van der Waals surface area contributed by atoms with Gasteiger partial charge in [-0.15, -0.1) is 0 Å². The fraction of sp³-hybridized carbons (Fsp3) is 0.667. The molecule has 0 unspecified atom stereocenters. The fourth-order valence-corrected chi connectivity index (χ4v) is 3.93. The molecule has 5 nitrogen and oxygen atoms in total. The molecule has 1 heterocycles. The minimum Gasteiger partial charge on any atom is -0.486 e. The van der Waals surface area contributed by atoms with Crippen molar-refractivity contribution in [1.29, 1.82) is 0 Å². The molecule has 0 bridgehead atoms. The first-order chi connectivity index (χ1) is 12.7. The molecule has 1 aromatic carbocycles. The summed E-state index contributed by atoms with van der Waals surface area (Å²) in [4.78, 5) is 12.4. The molecule has 1 aromatic rings. The largest absolute Gasteiger partial charge is 0.486 e. The first kappa shape index (κ1) is 19.2. The van der Waals surface area contributed by atoms with Crippen LogP contribution in [0.5, 0.6) is 5.75 Å². The number of amides is 1. The third-order valence-corrected chi connectivity index (χ3v) is 5.55. The lowest BCUT2D eigenvalue weighted by molar-refractivity contribution is -0.124. The van der Waals surface area contributed by atoms with Gasteiger partial charge in [0.2, 0.25) is 5.91 Å². The van der Waals surface area contributed by atoms with Crippen LogP contribution in [0.4, 0.5) is 0 Å². The number of rotatable bonds is 7. The Bertz CT molecular complexity index is 554. The quantitative estimate of drug-likeness (QED) is 0.783. The second kappa shape index (κ2) is 9.93. The van der Waals surface area contributed by atoms with Gasteiger partial charge in [0.05, 0.1) is 19.3 Å². The molecule has 26 heavy (non-hydrogen) atoms. The molecule has 1 saturated carbocycles. The summed E-state index contributed by atoms with van der Waals surface area (Å²) in [6, 6.07) is 7.37. The van der Waals surface area contributed by atoms with Crippen LogP contribution in [0.15, 0.2) is 24.3 Å². The molecule has 2 aliphatic rings. The minimum atomic E-state index is -0.178. The van der Waals surface area contributed by atoms with Gasteiger partial charge < -0.3 is 19.9 Å². The number of carbonyl (C=O) groups excluding carboxylic acids is 1. The highest BCUT2D eigenvalue weighted by Crippen LogP contribution is 2.27. The Hall–Kier alpha value is -1.59. The first-order valence-electron chi connectivity index (χ1n) is 9.98. The zero-order chi connectivity index (χ0) is 18.2. The molecule has 1 aliphatic heterocycles. The fourth-order valence-electron chi connectivity index (χ4n) is 3.93. The molecule has 0 radical (unpaired) electrons. The highest BCUT2D eigenvalue weighted by Gasteiger charge is 2.29. The third kappa shape index (κ3) is 5.71. The smallest absolute Gasteiger partial charge is 0.220 e. The summed E-state index contributed by atoms with van der Waals surface area (Å²) in [6.07, 6.45) is 8.75. The zero-order valence-electron chi connectivity index (χ0n) is 15.5. The van der Waals surface area contributed by atoms with E-state index < -0.39 is 0 Å². The number of hydrogen-bond donors (Lipinski definition) is 2. The van der Waals surface area contributed by atoms with Gasteiger partial charge in [0.1, 0.15) is 11.9 Å². The molecule has 5 heteroatoms. The molecule has 1 saturated heterocycles. The maximum absolute atomic E-state index is 12.4. The van der Waals surface area contributed by atoms with Crippen LogP contribution in [0.3, 0.4) is 0 Å². The standard InChI is InChI=1S/C21H31NO4/c23-14-17-6-9-18(10-7-17)26-20-15-25-13-12-19(20)22-21(24)11-8-16-4-2-1-3-5-16/h6-7,9-10,16,19-20,23H,1-5,8,11-15H2,(H,22,24)/t19-,20-/m1/s1. The minimum absolute atomic E-state index is 0.0138. The van der Waals surface area contributed by atoms with Crippen LogP contribution in [-0.4, -0.2) is 36.4 Å². The van der Waals surface area contributed by atoms with Gasteiger partial charge in [0.25, 0.3) is 0 Å². The molecule has 1 amide bonds. The average molecular weight is 361 g/mol. The van der Waals surface area contributed by atoms with Gasteiger partial charge in [0, 0.05) is 13.0 Å². The second-order valence-corrected chi connectivity index (χ2v) is 7.54. The van der Waals surface area contributed by atoms with E-state index in [0.29, 0.717) is 19.6 Å². The van der Waals surface area contributed by atoms with Crippen molar-refractivity contribution in [3.05, 3.63) is 29.8 Å². The van der Waals surface area contributed by atoms with E-state index in [4.69, 9.17) is 14.6 Å². The van der Waals surface area contributed by atoms with Crippen LogP contribution >= 0.6 is 0 Å². The summed E-state index contributed by atoms with van der Waals surface area (Å²) < 4.78 is 11.6. The Labute approximate surface area is 156 Å². The van der Waals surface area contributed by atoms with E-state index in [-0.39, 0.29) is 24.7 Å².